The second kappa shape index (κ2) is 5.36. The van der Waals surface area contributed by atoms with E-state index in [1.807, 2.05) is 13.0 Å². The molecule has 4 heteroatoms. The molecule has 1 aromatic heterocycles. The Balaban J connectivity index is 1.93. The number of hydrogen-bond acceptors (Lipinski definition) is 4. The molecule has 3 N–H and O–H groups in total. The van der Waals surface area contributed by atoms with Crippen molar-refractivity contribution < 1.29 is 0 Å². The van der Waals surface area contributed by atoms with Gasteiger partial charge in [0.1, 0.15) is 5.82 Å². The second-order valence-electron chi connectivity index (χ2n) is 4.79. The number of anilines is 2. The molecule has 2 heterocycles. The van der Waals surface area contributed by atoms with Gasteiger partial charge < -0.3 is 16.0 Å². The van der Waals surface area contributed by atoms with Gasteiger partial charge in [0.25, 0.3) is 0 Å². The summed E-state index contributed by atoms with van der Waals surface area (Å²) in [5, 5.41) is 3.53. The lowest BCUT2D eigenvalue weighted by molar-refractivity contribution is 0.229. The first kappa shape index (κ1) is 12.2. The Kier molecular flexibility index (Phi) is 3.84. The van der Waals surface area contributed by atoms with E-state index in [0.717, 1.165) is 23.6 Å². The third-order valence-electron chi connectivity index (χ3n) is 3.48. The number of aryl methyl sites for hydroxylation is 1. The highest BCUT2D eigenvalue weighted by molar-refractivity contribution is 5.51. The molecule has 0 spiro atoms. The molecular formula is C13H22N4. The van der Waals surface area contributed by atoms with E-state index in [4.69, 9.17) is 5.73 Å². The minimum Gasteiger partial charge on any atom is -0.397 e. The molecular weight excluding hydrogens is 212 g/mol. The van der Waals surface area contributed by atoms with E-state index < -0.39 is 0 Å². The van der Waals surface area contributed by atoms with Crippen LogP contribution < -0.4 is 11.1 Å². The van der Waals surface area contributed by atoms with Gasteiger partial charge >= 0.3 is 0 Å². The number of nitrogens with one attached hydrogen (secondary N) is 1. The third kappa shape index (κ3) is 3.09. The molecule has 0 aromatic carbocycles. The molecule has 0 unspecified atom stereocenters. The number of hydrogen-bond donors (Lipinski definition) is 2. The van der Waals surface area contributed by atoms with Crippen molar-refractivity contribution in [3.63, 3.8) is 0 Å². The predicted octanol–water partition coefficient (Wildman–Crippen LogP) is 1.87. The number of nitrogen functional groups attached to an aromatic ring is 1. The lowest BCUT2D eigenvalue weighted by Crippen LogP contribution is -2.39. The second-order valence-corrected chi connectivity index (χ2v) is 4.79. The zero-order valence-electron chi connectivity index (χ0n) is 10.7. The topological polar surface area (TPSA) is 54.2 Å². The van der Waals surface area contributed by atoms with Crippen LogP contribution >= 0.6 is 0 Å². The minimum atomic E-state index is 0.549. The molecule has 1 aliphatic rings. The van der Waals surface area contributed by atoms with Gasteiger partial charge in [0, 0.05) is 19.1 Å². The molecule has 94 valence electrons. The van der Waals surface area contributed by atoms with Crippen molar-refractivity contribution in [2.75, 3.05) is 30.7 Å². The number of pyridine rings is 1. The van der Waals surface area contributed by atoms with Gasteiger partial charge in [0.15, 0.2) is 0 Å². The molecule has 1 aliphatic heterocycles. The highest BCUT2D eigenvalue weighted by Gasteiger charge is 2.18. The van der Waals surface area contributed by atoms with Gasteiger partial charge in [-0.1, -0.05) is 6.92 Å². The zero-order valence-corrected chi connectivity index (χ0v) is 10.7. The molecule has 0 bridgehead atoms. The summed E-state index contributed by atoms with van der Waals surface area (Å²) >= 11 is 0. The summed E-state index contributed by atoms with van der Waals surface area (Å²) in [4.78, 5) is 6.85. The van der Waals surface area contributed by atoms with Crippen molar-refractivity contribution in [2.24, 2.45) is 0 Å². The maximum Gasteiger partial charge on any atom is 0.129 e. The van der Waals surface area contributed by atoms with E-state index in [-0.39, 0.29) is 0 Å². The first-order valence-electron chi connectivity index (χ1n) is 6.40. The summed E-state index contributed by atoms with van der Waals surface area (Å²) in [6.07, 6.45) is 4.11. The predicted molar refractivity (Wildman–Crippen MR) is 72.1 cm³/mol. The Labute approximate surface area is 103 Å². The van der Waals surface area contributed by atoms with Crippen molar-refractivity contribution in [3.05, 3.63) is 17.8 Å². The number of rotatable bonds is 3. The Morgan fingerprint density at radius 1 is 1.47 bits per heavy atom. The molecule has 0 saturated carbocycles. The molecule has 4 nitrogen and oxygen atoms in total. The number of likely N-dealkylation sites (tertiary alicyclic amines) is 1. The van der Waals surface area contributed by atoms with Crippen LogP contribution in [0.4, 0.5) is 11.5 Å². The van der Waals surface area contributed by atoms with Crippen LogP contribution in [0.1, 0.15) is 25.3 Å². The lowest BCUT2D eigenvalue weighted by Gasteiger charge is -2.32. The monoisotopic (exact) mass is 234 g/mol. The van der Waals surface area contributed by atoms with E-state index in [1.165, 1.54) is 25.9 Å². The minimum absolute atomic E-state index is 0.549. The Morgan fingerprint density at radius 3 is 2.76 bits per heavy atom. The highest BCUT2D eigenvalue weighted by atomic mass is 15.1. The van der Waals surface area contributed by atoms with Gasteiger partial charge in [-0.15, -0.1) is 0 Å². The lowest BCUT2D eigenvalue weighted by atomic mass is 10.0. The fourth-order valence-corrected chi connectivity index (χ4v) is 2.33. The fraction of sp³-hybridized carbons (Fsp3) is 0.615. The van der Waals surface area contributed by atoms with Crippen LogP contribution in [-0.2, 0) is 0 Å². The highest BCUT2D eigenvalue weighted by Crippen LogP contribution is 2.19. The van der Waals surface area contributed by atoms with E-state index in [0.29, 0.717) is 6.04 Å². The third-order valence-corrected chi connectivity index (χ3v) is 3.48. The SMILES string of the molecule is CCN1CCC(Nc2ncc(N)cc2C)CC1. The summed E-state index contributed by atoms with van der Waals surface area (Å²) in [6, 6.07) is 2.52. The Bertz CT molecular complexity index is 370. The summed E-state index contributed by atoms with van der Waals surface area (Å²) in [5.74, 6) is 0.981. The van der Waals surface area contributed by atoms with E-state index in [2.05, 4.69) is 22.1 Å². The first-order chi connectivity index (χ1) is 8.19. The Morgan fingerprint density at radius 2 is 2.18 bits per heavy atom. The molecule has 0 atom stereocenters. The number of aromatic nitrogens is 1. The van der Waals surface area contributed by atoms with Crippen LogP contribution in [0.25, 0.3) is 0 Å². The maximum atomic E-state index is 5.70. The fourth-order valence-electron chi connectivity index (χ4n) is 2.33. The summed E-state index contributed by atoms with van der Waals surface area (Å²) < 4.78 is 0. The van der Waals surface area contributed by atoms with Gasteiger partial charge in [-0.3, -0.25) is 0 Å². The number of piperidine rings is 1. The van der Waals surface area contributed by atoms with Gasteiger partial charge in [0.2, 0.25) is 0 Å². The van der Waals surface area contributed by atoms with Crippen molar-refractivity contribution in [1.82, 2.24) is 9.88 Å². The van der Waals surface area contributed by atoms with Crippen LogP contribution in [0.15, 0.2) is 12.3 Å². The standard InChI is InChI=1S/C13H22N4/c1-3-17-6-4-12(5-7-17)16-13-10(2)8-11(14)9-15-13/h8-9,12H,3-7,14H2,1-2H3,(H,15,16). The van der Waals surface area contributed by atoms with Crippen LogP contribution in [0.3, 0.4) is 0 Å². The van der Waals surface area contributed by atoms with E-state index in [9.17, 15) is 0 Å². The molecule has 1 saturated heterocycles. The van der Waals surface area contributed by atoms with Gasteiger partial charge in [0.05, 0.1) is 11.9 Å². The van der Waals surface area contributed by atoms with Crippen LogP contribution in [0.2, 0.25) is 0 Å². The van der Waals surface area contributed by atoms with Crippen molar-refractivity contribution in [2.45, 2.75) is 32.7 Å². The van der Waals surface area contributed by atoms with Crippen LogP contribution in [0, 0.1) is 6.92 Å². The molecule has 0 amide bonds. The van der Waals surface area contributed by atoms with Gasteiger partial charge in [-0.25, -0.2) is 4.98 Å². The zero-order chi connectivity index (χ0) is 12.3. The van der Waals surface area contributed by atoms with Gasteiger partial charge in [-0.2, -0.15) is 0 Å². The van der Waals surface area contributed by atoms with E-state index >= 15 is 0 Å². The smallest absolute Gasteiger partial charge is 0.129 e. The van der Waals surface area contributed by atoms with E-state index in [1.54, 1.807) is 6.20 Å². The number of nitrogens with zero attached hydrogens (tertiary/aromatic N) is 2. The summed E-state index contributed by atoms with van der Waals surface area (Å²) in [5.41, 5.74) is 7.56. The van der Waals surface area contributed by atoms with Crippen molar-refractivity contribution >= 4 is 11.5 Å². The molecule has 0 aliphatic carbocycles. The molecule has 0 radical (unpaired) electrons. The summed E-state index contributed by atoms with van der Waals surface area (Å²) in [7, 11) is 0. The van der Waals surface area contributed by atoms with Crippen molar-refractivity contribution in [3.8, 4) is 0 Å². The maximum absolute atomic E-state index is 5.70. The van der Waals surface area contributed by atoms with Gasteiger partial charge in [-0.05, 0) is 37.9 Å². The largest absolute Gasteiger partial charge is 0.397 e. The molecule has 2 rings (SSSR count). The van der Waals surface area contributed by atoms with Crippen LogP contribution in [-0.4, -0.2) is 35.6 Å². The van der Waals surface area contributed by atoms with Crippen molar-refractivity contribution in [1.29, 1.82) is 0 Å². The Hall–Kier alpha value is -1.29. The molecule has 1 aromatic rings. The molecule has 17 heavy (non-hydrogen) atoms. The quantitative estimate of drug-likeness (QED) is 0.838. The average molecular weight is 234 g/mol. The molecule has 1 fully saturated rings. The summed E-state index contributed by atoms with van der Waals surface area (Å²) in [6.45, 7) is 7.79. The number of nitrogens with two attached hydrogens (primary N) is 1. The normalized spacial score (nSPS) is 18.2. The first-order valence-corrected chi connectivity index (χ1v) is 6.40. The van der Waals surface area contributed by atoms with Crippen LogP contribution in [0.5, 0.6) is 0 Å². The average Bonchev–Trinajstić information content (AvgIpc) is 2.34.